The number of thiazole rings is 1. The van der Waals surface area contributed by atoms with Gasteiger partial charge in [0.15, 0.2) is 5.13 Å². The van der Waals surface area contributed by atoms with Gasteiger partial charge in [-0.05, 0) is 37.1 Å². The average molecular weight is 406 g/mol. The van der Waals surface area contributed by atoms with E-state index in [1.165, 1.54) is 25.4 Å². The van der Waals surface area contributed by atoms with Crippen molar-refractivity contribution >= 4 is 48.3 Å². The molecule has 1 amide bonds. The molecule has 2 N–H and O–H groups in total. The molecule has 0 bridgehead atoms. The van der Waals surface area contributed by atoms with Crippen molar-refractivity contribution in [2.75, 3.05) is 17.1 Å². The van der Waals surface area contributed by atoms with Gasteiger partial charge in [-0.25, -0.2) is 13.4 Å². The van der Waals surface area contributed by atoms with Crippen molar-refractivity contribution < 1.29 is 17.9 Å². The number of aromatic nitrogens is 1. The minimum Gasteiger partial charge on any atom is -0.494 e. The molecule has 0 saturated heterocycles. The number of carbonyl (C=O) groups excluding carboxylic acids is 1. The van der Waals surface area contributed by atoms with Gasteiger partial charge in [0.1, 0.15) is 11.3 Å². The van der Waals surface area contributed by atoms with E-state index in [1.54, 1.807) is 31.2 Å². The van der Waals surface area contributed by atoms with Crippen LogP contribution < -0.4 is 14.8 Å². The fourth-order valence-corrected chi connectivity index (χ4v) is 4.96. The Morgan fingerprint density at radius 2 is 1.93 bits per heavy atom. The Labute approximate surface area is 161 Å². The fraction of sp³-hybridized carbons (Fsp3) is 0.222. The number of aryl methyl sites for hydroxylation is 2. The van der Waals surface area contributed by atoms with Gasteiger partial charge >= 0.3 is 0 Å². The Hall–Kier alpha value is -2.65. The first-order chi connectivity index (χ1) is 12.7. The van der Waals surface area contributed by atoms with E-state index in [0.717, 1.165) is 5.56 Å². The number of hydrogen-bond donors (Lipinski definition) is 2. The Bertz CT molecular complexity index is 1140. The summed E-state index contributed by atoms with van der Waals surface area (Å²) in [6, 6.07) is 8.52. The fourth-order valence-electron chi connectivity index (χ4n) is 2.62. The first-order valence-electron chi connectivity index (χ1n) is 8.06. The minimum atomic E-state index is -3.76. The molecule has 0 atom stereocenters. The maximum Gasteiger partial charge on any atom is 0.262 e. The van der Waals surface area contributed by atoms with Crippen LogP contribution in [-0.2, 0) is 14.8 Å². The molecule has 0 aliphatic rings. The summed E-state index contributed by atoms with van der Waals surface area (Å²) in [6.07, 6.45) is 0. The van der Waals surface area contributed by atoms with E-state index in [1.807, 2.05) is 13.0 Å². The van der Waals surface area contributed by atoms with Crippen LogP contribution in [-0.4, -0.2) is 26.4 Å². The van der Waals surface area contributed by atoms with Gasteiger partial charge in [0, 0.05) is 13.0 Å². The second-order valence-electron chi connectivity index (χ2n) is 6.10. The van der Waals surface area contributed by atoms with E-state index in [9.17, 15) is 13.2 Å². The lowest BCUT2D eigenvalue weighted by Crippen LogP contribution is -2.14. The predicted molar refractivity (Wildman–Crippen MR) is 107 cm³/mol. The summed E-state index contributed by atoms with van der Waals surface area (Å²) in [6.45, 7) is 4.99. The number of nitrogens with zero attached hydrogens (tertiary/aromatic N) is 1. The zero-order valence-electron chi connectivity index (χ0n) is 15.3. The molecular weight excluding hydrogens is 386 g/mol. The van der Waals surface area contributed by atoms with Gasteiger partial charge in [-0.2, -0.15) is 0 Å². The number of hydrogen-bond acceptors (Lipinski definition) is 6. The van der Waals surface area contributed by atoms with Crippen molar-refractivity contribution in [3.8, 4) is 5.75 Å². The molecular formula is C18H19N3O4S2. The molecule has 1 heterocycles. The predicted octanol–water partition coefficient (Wildman–Crippen LogP) is 3.68. The van der Waals surface area contributed by atoms with Crippen LogP contribution in [0.1, 0.15) is 18.1 Å². The number of carbonyl (C=O) groups is 1. The van der Waals surface area contributed by atoms with Crippen molar-refractivity contribution in [3.63, 3.8) is 0 Å². The van der Waals surface area contributed by atoms with Gasteiger partial charge in [-0.15, -0.1) is 0 Å². The van der Waals surface area contributed by atoms with E-state index >= 15 is 0 Å². The number of anilines is 2. The molecule has 0 radical (unpaired) electrons. The smallest absolute Gasteiger partial charge is 0.262 e. The Balaban J connectivity index is 2.03. The van der Waals surface area contributed by atoms with Crippen LogP contribution in [0.25, 0.3) is 10.2 Å². The molecule has 0 aliphatic carbocycles. The molecule has 0 fully saturated rings. The van der Waals surface area contributed by atoms with Crippen molar-refractivity contribution in [2.45, 2.75) is 25.7 Å². The lowest BCUT2D eigenvalue weighted by atomic mass is 10.2. The van der Waals surface area contributed by atoms with Gasteiger partial charge < -0.3 is 10.1 Å². The Morgan fingerprint density at radius 1 is 1.19 bits per heavy atom. The van der Waals surface area contributed by atoms with E-state index in [2.05, 4.69) is 15.0 Å². The quantitative estimate of drug-likeness (QED) is 0.675. The maximum atomic E-state index is 12.8. The third-order valence-electron chi connectivity index (χ3n) is 3.85. The second-order valence-corrected chi connectivity index (χ2v) is 8.78. The molecule has 2 aromatic carbocycles. The van der Waals surface area contributed by atoms with Gasteiger partial charge in [0.05, 0.1) is 22.4 Å². The van der Waals surface area contributed by atoms with E-state index in [-0.39, 0.29) is 10.8 Å². The number of ether oxygens (including phenoxy) is 1. The second kappa shape index (κ2) is 7.16. The van der Waals surface area contributed by atoms with Crippen molar-refractivity contribution in [2.24, 2.45) is 0 Å². The monoisotopic (exact) mass is 405 g/mol. The lowest BCUT2D eigenvalue weighted by molar-refractivity contribution is -0.114. The van der Waals surface area contributed by atoms with Crippen LogP contribution in [0.5, 0.6) is 5.75 Å². The number of sulfonamides is 1. The van der Waals surface area contributed by atoms with Crippen LogP contribution in [0.15, 0.2) is 35.2 Å². The highest BCUT2D eigenvalue weighted by Gasteiger charge is 2.19. The molecule has 142 valence electrons. The van der Waals surface area contributed by atoms with Crippen LogP contribution >= 0.6 is 11.3 Å². The van der Waals surface area contributed by atoms with Crippen LogP contribution in [0.3, 0.4) is 0 Å². The molecule has 0 unspecified atom stereocenters. The molecule has 0 saturated carbocycles. The van der Waals surface area contributed by atoms with Crippen LogP contribution in [0, 0.1) is 13.8 Å². The van der Waals surface area contributed by atoms with Crippen molar-refractivity contribution in [3.05, 3.63) is 41.5 Å². The summed E-state index contributed by atoms with van der Waals surface area (Å²) < 4.78 is 34.3. The molecule has 1 aromatic heterocycles. The first kappa shape index (κ1) is 19.1. The molecule has 7 nitrogen and oxygen atoms in total. The number of amides is 1. The Kier molecular flexibility index (Phi) is 5.07. The van der Waals surface area contributed by atoms with Gasteiger partial charge in [0.25, 0.3) is 10.0 Å². The van der Waals surface area contributed by atoms with Gasteiger partial charge in [0.2, 0.25) is 5.91 Å². The normalized spacial score (nSPS) is 11.4. The molecule has 9 heteroatoms. The topological polar surface area (TPSA) is 97.4 Å². The maximum absolute atomic E-state index is 12.8. The molecule has 0 spiro atoms. The minimum absolute atomic E-state index is 0.227. The third-order valence-corrected chi connectivity index (χ3v) is 6.29. The van der Waals surface area contributed by atoms with Crippen molar-refractivity contribution in [1.29, 1.82) is 0 Å². The SMILES string of the molecule is COc1cc(NS(=O)(=O)c2cc(C)ccc2C)cc2sc(NC(C)=O)nc12. The summed E-state index contributed by atoms with van der Waals surface area (Å²) in [5, 5.41) is 3.05. The zero-order valence-corrected chi connectivity index (χ0v) is 16.9. The van der Waals surface area contributed by atoms with E-state index in [0.29, 0.717) is 32.3 Å². The van der Waals surface area contributed by atoms with Crippen LogP contribution in [0.4, 0.5) is 10.8 Å². The Morgan fingerprint density at radius 3 is 2.59 bits per heavy atom. The first-order valence-corrected chi connectivity index (χ1v) is 10.4. The van der Waals surface area contributed by atoms with Crippen molar-refractivity contribution in [1.82, 2.24) is 4.98 Å². The summed E-state index contributed by atoms with van der Waals surface area (Å²) >= 11 is 1.24. The highest BCUT2D eigenvalue weighted by molar-refractivity contribution is 7.92. The summed E-state index contributed by atoms with van der Waals surface area (Å²) in [4.78, 5) is 15.8. The highest BCUT2D eigenvalue weighted by atomic mass is 32.2. The number of methoxy groups -OCH3 is 1. The molecule has 27 heavy (non-hydrogen) atoms. The molecule has 3 rings (SSSR count). The zero-order chi connectivity index (χ0) is 19.8. The van der Waals surface area contributed by atoms with E-state index in [4.69, 9.17) is 4.74 Å². The average Bonchev–Trinajstić information content (AvgIpc) is 2.97. The number of nitrogens with one attached hydrogen (secondary N) is 2. The molecule has 3 aromatic rings. The largest absolute Gasteiger partial charge is 0.494 e. The number of rotatable bonds is 5. The standard InChI is InChI=1S/C18H19N3O4S2/c1-10-5-6-11(2)16(7-10)27(23,24)21-13-8-14(25-4)17-15(9-13)26-18(20-17)19-12(3)22/h5-9,21H,1-4H3,(H,19,20,22). The summed E-state index contributed by atoms with van der Waals surface area (Å²) in [5.41, 5.74) is 2.43. The third kappa shape index (κ3) is 4.04. The molecule has 0 aliphatic heterocycles. The summed E-state index contributed by atoms with van der Waals surface area (Å²) in [5.74, 6) is 0.183. The van der Waals surface area contributed by atoms with Gasteiger partial charge in [-0.3, -0.25) is 9.52 Å². The van der Waals surface area contributed by atoms with E-state index < -0.39 is 10.0 Å². The highest BCUT2D eigenvalue weighted by Crippen LogP contribution is 2.36. The lowest BCUT2D eigenvalue weighted by Gasteiger charge is -2.12. The van der Waals surface area contributed by atoms with Gasteiger partial charge in [-0.1, -0.05) is 23.5 Å². The van der Waals surface area contributed by atoms with Crippen LogP contribution in [0.2, 0.25) is 0 Å². The number of fused-ring (bicyclic) bond motifs is 1. The summed E-state index contributed by atoms with van der Waals surface area (Å²) in [7, 11) is -2.28. The number of benzene rings is 2.